The minimum Gasteiger partial charge on any atom is -0.332 e. The molecule has 2 atom stereocenters. The van der Waals surface area contributed by atoms with Gasteiger partial charge in [0.2, 0.25) is 5.91 Å². The van der Waals surface area contributed by atoms with Crippen molar-refractivity contribution in [2.75, 3.05) is 6.54 Å². The third-order valence-electron chi connectivity index (χ3n) is 7.70. The van der Waals surface area contributed by atoms with E-state index >= 15 is 0 Å². The number of nitrogens with one attached hydrogen (secondary N) is 2. The number of carbonyl (C=O) groups is 2. The van der Waals surface area contributed by atoms with Crippen LogP contribution in [0.15, 0.2) is 17.5 Å². The number of likely N-dealkylation sites (tertiary alicyclic amines) is 1. The second kappa shape index (κ2) is 7.13. The molecule has 5 aliphatic rings. The predicted molar refractivity (Wildman–Crippen MR) is 110 cm³/mol. The van der Waals surface area contributed by atoms with Gasteiger partial charge in [-0.1, -0.05) is 6.07 Å². The van der Waals surface area contributed by atoms with Gasteiger partial charge in [0.05, 0.1) is 6.04 Å². The minimum atomic E-state index is -0.295. The Kier molecular flexibility index (Phi) is 4.74. The number of urea groups is 1. The zero-order valence-corrected chi connectivity index (χ0v) is 17.5. The molecule has 4 bridgehead atoms. The summed E-state index contributed by atoms with van der Waals surface area (Å²) in [6, 6.07) is 3.94. The van der Waals surface area contributed by atoms with Crippen molar-refractivity contribution < 1.29 is 9.59 Å². The van der Waals surface area contributed by atoms with E-state index in [1.54, 1.807) is 11.3 Å². The van der Waals surface area contributed by atoms with Crippen LogP contribution in [0.2, 0.25) is 0 Å². The Morgan fingerprint density at radius 1 is 1.18 bits per heavy atom. The molecule has 28 heavy (non-hydrogen) atoms. The molecule has 3 amide bonds. The highest BCUT2D eigenvalue weighted by atomic mass is 32.1. The zero-order valence-electron chi connectivity index (χ0n) is 16.7. The van der Waals surface area contributed by atoms with Crippen molar-refractivity contribution in [3.05, 3.63) is 22.4 Å². The van der Waals surface area contributed by atoms with Gasteiger partial charge in [-0.15, -0.1) is 11.3 Å². The molecule has 1 aromatic heterocycles. The molecule has 4 saturated carbocycles. The topological polar surface area (TPSA) is 61.4 Å². The lowest BCUT2D eigenvalue weighted by Crippen LogP contribution is -2.62. The summed E-state index contributed by atoms with van der Waals surface area (Å²) in [5, 5.41) is 8.02. The Balaban J connectivity index is 1.20. The third kappa shape index (κ3) is 3.39. The summed E-state index contributed by atoms with van der Waals surface area (Å²) in [4.78, 5) is 29.1. The number of amides is 3. The molecule has 0 aromatic carbocycles. The minimum absolute atomic E-state index is 0.0600. The molecule has 1 aromatic rings. The summed E-state index contributed by atoms with van der Waals surface area (Å²) >= 11 is 1.75. The van der Waals surface area contributed by atoms with E-state index < -0.39 is 0 Å². The summed E-state index contributed by atoms with van der Waals surface area (Å²) in [5.74, 6) is 2.15. The number of thiophene rings is 1. The van der Waals surface area contributed by atoms with Gasteiger partial charge in [0, 0.05) is 16.5 Å². The van der Waals surface area contributed by atoms with Crippen LogP contribution in [0.25, 0.3) is 0 Å². The first-order valence-corrected chi connectivity index (χ1v) is 11.8. The highest BCUT2D eigenvalue weighted by Crippen LogP contribution is 2.55. The van der Waals surface area contributed by atoms with Crippen LogP contribution in [0.4, 0.5) is 4.79 Å². The highest BCUT2D eigenvalue weighted by molar-refractivity contribution is 7.10. The van der Waals surface area contributed by atoms with E-state index in [4.69, 9.17) is 0 Å². The molecule has 5 nitrogen and oxygen atoms in total. The lowest BCUT2D eigenvalue weighted by Gasteiger charge is -2.56. The van der Waals surface area contributed by atoms with Crippen molar-refractivity contribution in [3.8, 4) is 0 Å². The second-order valence-electron chi connectivity index (χ2n) is 9.73. The van der Waals surface area contributed by atoms with Crippen LogP contribution in [0.3, 0.4) is 0 Å². The quantitative estimate of drug-likeness (QED) is 0.799. The summed E-state index contributed by atoms with van der Waals surface area (Å²) in [5.41, 5.74) is -0.0600. The summed E-state index contributed by atoms with van der Waals surface area (Å²) < 4.78 is 0. The van der Waals surface area contributed by atoms with E-state index in [1.165, 1.54) is 24.1 Å². The molecule has 2 N–H and O–H groups in total. The van der Waals surface area contributed by atoms with Gasteiger partial charge in [-0.3, -0.25) is 15.0 Å². The number of nitrogens with zero attached hydrogens (tertiary/aromatic N) is 1. The Morgan fingerprint density at radius 3 is 2.46 bits per heavy atom. The Morgan fingerprint density at radius 2 is 1.86 bits per heavy atom. The number of hydrogen-bond donors (Lipinski definition) is 2. The molecule has 1 saturated heterocycles. The lowest BCUT2D eigenvalue weighted by molar-refractivity contribution is -0.125. The van der Waals surface area contributed by atoms with Crippen molar-refractivity contribution in [2.24, 2.45) is 17.8 Å². The molecule has 2 heterocycles. The number of hydrogen-bond acceptors (Lipinski definition) is 4. The van der Waals surface area contributed by atoms with Gasteiger partial charge in [0.15, 0.2) is 0 Å². The summed E-state index contributed by atoms with van der Waals surface area (Å²) in [6.07, 6.45) is 9.51. The second-order valence-corrected chi connectivity index (χ2v) is 10.7. The van der Waals surface area contributed by atoms with E-state index in [0.717, 1.165) is 56.4 Å². The van der Waals surface area contributed by atoms with Crippen molar-refractivity contribution in [1.29, 1.82) is 0 Å². The van der Waals surface area contributed by atoms with E-state index in [9.17, 15) is 9.59 Å². The monoisotopic (exact) mass is 401 g/mol. The average molecular weight is 402 g/mol. The molecule has 0 radical (unpaired) electrons. The van der Waals surface area contributed by atoms with Crippen molar-refractivity contribution in [1.82, 2.24) is 15.5 Å². The largest absolute Gasteiger partial charge is 0.332 e. The molecule has 1 aliphatic heterocycles. The van der Waals surface area contributed by atoms with Crippen LogP contribution >= 0.6 is 11.3 Å². The molecule has 6 rings (SSSR count). The summed E-state index contributed by atoms with van der Waals surface area (Å²) in [6.45, 7) is 2.84. The van der Waals surface area contributed by atoms with Crippen LogP contribution in [-0.4, -0.2) is 35.0 Å². The highest BCUT2D eigenvalue weighted by Gasteiger charge is 2.51. The molecule has 4 aliphatic carbocycles. The maximum atomic E-state index is 12.8. The van der Waals surface area contributed by atoms with E-state index in [0.29, 0.717) is 6.04 Å². The molecular weight excluding hydrogens is 370 g/mol. The predicted octanol–water partition coefficient (Wildman–Crippen LogP) is 4.07. The van der Waals surface area contributed by atoms with Gasteiger partial charge in [-0.25, -0.2) is 4.79 Å². The first kappa shape index (κ1) is 18.6. The van der Waals surface area contributed by atoms with Crippen molar-refractivity contribution in [2.45, 2.75) is 75.9 Å². The number of carbonyl (C=O) groups excluding carboxylic acids is 2. The normalized spacial score (nSPS) is 37.8. The Labute approximate surface area is 171 Å². The molecule has 0 unspecified atom stereocenters. The van der Waals surface area contributed by atoms with Gasteiger partial charge >= 0.3 is 6.03 Å². The number of rotatable bonds is 4. The van der Waals surface area contributed by atoms with Crippen molar-refractivity contribution in [3.63, 3.8) is 0 Å². The van der Waals surface area contributed by atoms with Crippen LogP contribution in [0, 0.1) is 17.8 Å². The SMILES string of the molecule is C[C@@H](C(=O)NC(=O)NC12CC3CC(CC(C3)C1)C2)N1CCC[C@H]1c1cccs1. The van der Waals surface area contributed by atoms with Crippen LogP contribution in [-0.2, 0) is 4.79 Å². The van der Waals surface area contributed by atoms with Crippen LogP contribution in [0.5, 0.6) is 0 Å². The zero-order chi connectivity index (χ0) is 19.3. The average Bonchev–Trinajstić information content (AvgIpc) is 3.30. The van der Waals surface area contributed by atoms with E-state index in [-0.39, 0.29) is 23.5 Å². The summed E-state index contributed by atoms with van der Waals surface area (Å²) in [7, 11) is 0. The maximum absolute atomic E-state index is 12.8. The van der Waals surface area contributed by atoms with Crippen molar-refractivity contribution >= 4 is 23.3 Å². The van der Waals surface area contributed by atoms with Gasteiger partial charge in [0.25, 0.3) is 0 Å². The Bertz CT molecular complexity index is 712. The lowest BCUT2D eigenvalue weighted by atomic mass is 9.53. The maximum Gasteiger partial charge on any atom is 0.321 e. The fraction of sp³-hybridized carbons (Fsp3) is 0.727. The number of imide groups is 1. The third-order valence-corrected chi connectivity index (χ3v) is 8.67. The molecule has 152 valence electrons. The van der Waals surface area contributed by atoms with Gasteiger partial charge in [-0.05, 0) is 94.0 Å². The van der Waals surface area contributed by atoms with E-state index in [2.05, 4.69) is 33.0 Å². The van der Waals surface area contributed by atoms with E-state index in [1.807, 2.05) is 6.92 Å². The molecule has 6 heteroatoms. The van der Waals surface area contributed by atoms with Crippen LogP contribution < -0.4 is 10.6 Å². The first-order valence-electron chi connectivity index (χ1n) is 10.9. The van der Waals surface area contributed by atoms with Gasteiger partial charge < -0.3 is 5.32 Å². The van der Waals surface area contributed by atoms with Gasteiger partial charge in [-0.2, -0.15) is 0 Å². The van der Waals surface area contributed by atoms with Gasteiger partial charge in [0.1, 0.15) is 0 Å². The molecule has 0 spiro atoms. The molecular formula is C22H31N3O2S. The smallest absolute Gasteiger partial charge is 0.321 e. The van der Waals surface area contributed by atoms with Crippen LogP contribution in [0.1, 0.15) is 69.2 Å². The fourth-order valence-electron chi connectivity index (χ4n) is 6.94. The molecule has 5 fully saturated rings. The first-order chi connectivity index (χ1) is 13.5. The Hall–Kier alpha value is -1.40. The standard InChI is InChI=1S/C22H31N3O2S/c1-14(25-6-2-4-18(25)19-5-3-7-28-19)20(26)23-21(27)24-22-11-15-8-16(12-22)10-17(9-15)13-22/h3,5,7,14-18H,2,4,6,8-13H2,1H3,(H2,23,24,26,27)/t14-,15?,16?,17?,18-,22?/m0/s1. The fourth-order valence-corrected chi connectivity index (χ4v) is 7.82.